The highest BCUT2D eigenvalue weighted by molar-refractivity contribution is 5.79. The van der Waals surface area contributed by atoms with E-state index in [9.17, 15) is 9.18 Å². The fourth-order valence-electron chi connectivity index (χ4n) is 6.98. The van der Waals surface area contributed by atoms with Gasteiger partial charge in [0.2, 0.25) is 0 Å². The molecule has 21 heavy (non-hydrogen) atoms. The van der Waals surface area contributed by atoms with Crippen LogP contribution in [-0.2, 0) is 4.79 Å². The van der Waals surface area contributed by atoms with Gasteiger partial charge in [-0.2, -0.15) is 0 Å². The number of rotatable bonds is 0. The zero-order valence-electron chi connectivity index (χ0n) is 13.5. The van der Waals surface area contributed by atoms with E-state index in [1.165, 1.54) is 19.3 Å². The van der Waals surface area contributed by atoms with Gasteiger partial charge in [0.15, 0.2) is 0 Å². The monoisotopic (exact) mass is 292 g/mol. The summed E-state index contributed by atoms with van der Waals surface area (Å²) in [4.78, 5) is 11.8. The minimum atomic E-state index is -0.568. The third-order valence-electron chi connectivity index (χ3n) is 8.37. The van der Waals surface area contributed by atoms with Crippen LogP contribution in [0.5, 0.6) is 0 Å². The molecular weight excluding hydrogens is 263 g/mol. The lowest BCUT2D eigenvalue weighted by Crippen LogP contribution is -2.53. The fraction of sp³-hybridized carbons (Fsp3) is 0.947. The van der Waals surface area contributed by atoms with E-state index < -0.39 is 6.17 Å². The normalized spacial score (nSPS) is 56.5. The SMILES string of the molecule is C[C@]12CCC(=O)C[C@@H]1CC[C@H]1[C@H]3CC[C@@H](F)[C@@]3(C)CC[C@@H]12. The smallest absolute Gasteiger partial charge is 0.133 e. The Hall–Kier alpha value is -0.400. The van der Waals surface area contributed by atoms with E-state index in [1.54, 1.807) is 0 Å². The maximum atomic E-state index is 14.4. The predicted octanol–water partition coefficient (Wildman–Crippen LogP) is 4.94. The van der Waals surface area contributed by atoms with Crippen molar-refractivity contribution in [1.29, 1.82) is 0 Å². The second-order valence-corrected chi connectivity index (χ2v) is 8.99. The molecule has 0 saturated heterocycles. The molecule has 1 nitrogen and oxygen atoms in total. The van der Waals surface area contributed by atoms with E-state index in [0.29, 0.717) is 23.0 Å². The van der Waals surface area contributed by atoms with Gasteiger partial charge in [0.1, 0.15) is 12.0 Å². The molecule has 0 aromatic carbocycles. The first kappa shape index (κ1) is 14.2. The molecule has 0 bridgehead atoms. The number of carbonyl (C=O) groups is 1. The van der Waals surface area contributed by atoms with Crippen LogP contribution in [0.3, 0.4) is 0 Å². The van der Waals surface area contributed by atoms with Crippen molar-refractivity contribution in [3.63, 3.8) is 0 Å². The number of hydrogen-bond donors (Lipinski definition) is 0. The van der Waals surface area contributed by atoms with Crippen LogP contribution in [0, 0.1) is 34.5 Å². The summed E-state index contributed by atoms with van der Waals surface area (Å²) in [5, 5.41) is 0. The average Bonchev–Trinajstić information content (AvgIpc) is 2.76. The number of ketones is 1. The van der Waals surface area contributed by atoms with Crippen molar-refractivity contribution >= 4 is 5.78 Å². The zero-order chi connectivity index (χ0) is 14.8. The molecule has 4 rings (SSSR count). The minimum absolute atomic E-state index is 0.0329. The van der Waals surface area contributed by atoms with Gasteiger partial charge in [0.05, 0.1) is 0 Å². The van der Waals surface area contributed by atoms with Gasteiger partial charge >= 0.3 is 0 Å². The molecule has 0 spiro atoms. The fourth-order valence-corrected chi connectivity index (χ4v) is 6.98. The number of halogens is 1. The third-order valence-corrected chi connectivity index (χ3v) is 8.37. The lowest BCUT2D eigenvalue weighted by molar-refractivity contribution is -0.139. The molecule has 4 aliphatic carbocycles. The van der Waals surface area contributed by atoms with Crippen LogP contribution < -0.4 is 0 Å². The van der Waals surface area contributed by atoms with Crippen molar-refractivity contribution in [2.24, 2.45) is 34.5 Å². The van der Waals surface area contributed by atoms with Crippen molar-refractivity contribution in [2.45, 2.75) is 77.8 Å². The lowest BCUT2D eigenvalue weighted by atomic mass is 9.45. The molecule has 2 heteroatoms. The van der Waals surface area contributed by atoms with E-state index in [-0.39, 0.29) is 5.41 Å². The van der Waals surface area contributed by atoms with Crippen molar-refractivity contribution < 1.29 is 9.18 Å². The Morgan fingerprint density at radius 1 is 0.952 bits per heavy atom. The molecule has 0 aliphatic heterocycles. The summed E-state index contributed by atoms with van der Waals surface area (Å²) in [6.07, 6.45) is 8.81. The maximum Gasteiger partial charge on any atom is 0.133 e. The van der Waals surface area contributed by atoms with E-state index in [4.69, 9.17) is 0 Å². The molecule has 0 aromatic rings. The van der Waals surface area contributed by atoms with Gasteiger partial charge in [0.25, 0.3) is 0 Å². The van der Waals surface area contributed by atoms with Gasteiger partial charge in [-0.15, -0.1) is 0 Å². The highest BCUT2D eigenvalue weighted by Crippen LogP contribution is 2.66. The number of carbonyl (C=O) groups excluding carboxylic acids is 1. The van der Waals surface area contributed by atoms with Gasteiger partial charge in [0, 0.05) is 18.3 Å². The van der Waals surface area contributed by atoms with Crippen LogP contribution >= 0.6 is 0 Å². The summed E-state index contributed by atoms with van der Waals surface area (Å²) in [5.41, 5.74) is 0.335. The Bertz CT molecular complexity index is 460. The van der Waals surface area contributed by atoms with E-state index in [1.807, 2.05) is 0 Å². The Labute approximate surface area is 128 Å². The Kier molecular flexibility index (Phi) is 3.08. The van der Waals surface area contributed by atoms with Gasteiger partial charge in [-0.25, -0.2) is 4.39 Å². The van der Waals surface area contributed by atoms with E-state index >= 15 is 0 Å². The Morgan fingerprint density at radius 3 is 2.52 bits per heavy atom. The van der Waals surface area contributed by atoms with Crippen LogP contribution in [0.2, 0.25) is 0 Å². The minimum Gasteiger partial charge on any atom is -0.300 e. The largest absolute Gasteiger partial charge is 0.300 e. The van der Waals surface area contributed by atoms with Crippen molar-refractivity contribution in [2.75, 3.05) is 0 Å². The first-order chi connectivity index (χ1) is 9.95. The molecule has 7 atom stereocenters. The van der Waals surface area contributed by atoms with Crippen LogP contribution in [0.25, 0.3) is 0 Å². The molecule has 0 heterocycles. The van der Waals surface area contributed by atoms with Gasteiger partial charge in [-0.3, -0.25) is 4.79 Å². The van der Waals surface area contributed by atoms with Gasteiger partial charge in [-0.05, 0) is 74.0 Å². The Balaban J connectivity index is 1.64. The first-order valence-electron chi connectivity index (χ1n) is 9.11. The second-order valence-electron chi connectivity index (χ2n) is 8.99. The molecule has 0 aromatic heterocycles. The molecule has 0 N–H and O–H groups in total. The van der Waals surface area contributed by atoms with Crippen molar-refractivity contribution in [3.05, 3.63) is 0 Å². The predicted molar refractivity (Wildman–Crippen MR) is 81.6 cm³/mol. The molecule has 0 unspecified atom stereocenters. The Morgan fingerprint density at radius 2 is 1.71 bits per heavy atom. The standard InChI is InChI=1S/C19H29FO/c1-18-9-7-13(21)11-12(18)3-4-14-15-5-6-17(20)19(15,2)10-8-16(14)18/h12,14-17H,3-11H2,1-2H3/t12-,14-,15+,16-,17+,18-,19-/m0/s1. The summed E-state index contributed by atoms with van der Waals surface area (Å²) >= 11 is 0. The van der Waals surface area contributed by atoms with Crippen LogP contribution in [0.4, 0.5) is 4.39 Å². The number of fused-ring (bicyclic) bond motifs is 5. The summed E-state index contributed by atoms with van der Waals surface area (Å²) < 4.78 is 14.4. The van der Waals surface area contributed by atoms with E-state index in [0.717, 1.165) is 50.4 Å². The van der Waals surface area contributed by atoms with Crippen molar-refractivity contribution in [3.8, 4) is 0 Å². The summed E-state index contributed by atoms with van der Waals surface area (Å²) in [5.74, 6) is 3.21. The molecule has 4 saturated carbocycles. The zero-order valence-corrected chi connectivity index (χ0v) is 13.5. The summed E-state index contributed by atoms with van der Waals surface area (Å²) in [6, 6.07) is 0. The van der Waals surface area contributed by atoms with Gasteiger partial charge in [-0.1, -0.05) is 13.8 Å². The topological polar surface area (TPSA) is 17.1 Å². The molecule has 4 aliphatic rings. The maximum absolute atomic E-state index is 14.4. The van der Waals surface area contributed by atoms with Crippen LogP contribution in [0.15, 0.2) is 0 Å². The highest BCUT2D eigenvalue weighted by Gasteiger charge is 2.60. The molecule has 0 radical (unpaired) electrons. The van der Waals surface area contributed by atoms with E-state index in [2.05, 4.69) is 13.8 Å². The number of hydrogen-bond acceptors (Lipinski definition) is 1. The highest BCUT2D eigenvalue weighted by atomic mass is 19.1. The molecule has 0 amide bonds. The molecule has 118 valence electrons. The first-order valence-corrected chi connectivity index (χ1v) is 9.11. The van der Waals surface area contributed by atoms with Crippen molar-refractivity contribution in [1.82, 2.24) is 0 Å². The summed E-state index contributed by atoms with van der Waals surface area (Å²) in [6.45, 7) is 4.69. The average molecular weight is 292 g/mol. The molecular formula is C19H29FO. The summed E-state index contributed by atoms with van der Waals surface area (Å²) in [7, 11) is 0. The second kappa shape index (κ2) is 4.55. The third kappa shape index (κ3) is 1.83. The molecule has 4 fully saturated rings. The quantitative estimate of drug-likeness (QED) is 0.618. The number of alkyl halides is 1. The number of Topliss-reactive ketones (excluding diaryl/α,β-unsaturated/α-hetero) is 1. The lowest BCUT2D eigenvalue weighted by Gasteiger charge is -2.59. The van der Waals surface area contributed by atoms with Gasteiger partial charge < -0.3 is 0 Å². The van der Waals surface area contributed by atoms with Crippen LogP contribution in [-0.4, -0.2) is 12.0 Å². The van der Waals surface area contributed by atoms with Crippen LogP contribution in [0.1, 0.15) is 71.6 Å².